The van der Waals surface area contributed by atoms with Crippen molar-refractivity contribution in [3.63, 3.8) is 0 Å². The molecule has 1 aromatic heterocycles. The predicted molar refractivity (Wildman–Crippen MR) is 112 cm³/mol. The molecule has 1 atom stereocenters. The highest BCUT2D eigenvalue weighted by atomic mass is 79.9. The van der Waals surface area contributed by atoms with E-state index in [1.807, 2.05) is 36.4 Å². The van der Waals surface area contributed by atoms with E-state index in [9.17, 15) is 9.59 Å². The molecule has 0 radical (unpaired) electrons. The van der Waals surface area contributed by atoms with E-state index in [1.54, 1.807) is 17.0 Å². The van der Waals surface area contributed by atoms with Crippen LogP contribution in [0.2, 0.25) is 0 Å². The molecule has 3 aromatic rings. The van der Waals surface area contributed by atoms with Crippen LogP contribution >= 0.6 is 15.9 Å². The van der Waals surface area contributed by atoms with Gasteiger partial charge in [0.2, 0.25) is 5.76 Å². The van der Waals surface area contributed by atoms with Gasteiger partial charge in [0.1, 0.15) is 5.58 Å². The molecule has 1 aliphatic rings. The van der Waals surface area contributed by atoms with E-state index in [1.165, 1.54) is 4.90 Å². The zero-order valence-electron chi connectivity index (χ0n) is 15.9. The Morgan fingerprint density at radius 1 is 1.11 bits per heavy atom. The van der Waals surface area contributed by atoms with E-state index in [2.05, 4.69) is 30.0 Å². The van der Waals surface area contributed by atoms with Crippen molar-refractivity contribution in [1.82, 2.24) is 4.90 Å². The summed E-state index contributed by atoms with van der Waals surface area (Å²) in [7, 11) is 4.18. The quantitative estimate of drug-likeness (QED) is 0.661. The van der Waals surface area contributed by atoms with Crippen LogP contribution in [0.5, 0.6) is 0 Å². The number of nitrogens with one attached hydrogen (secondary N) is 1. The van der Waals surface area contributed by atoms with Gasteiger partial charge in [0.15, 0.2) is 5.43 Å². The van der Waals surface area contributed by atoms with E-state index < -0.39 is 6.04 Å². The maximum Gasteiger partial charge on any atom is 0.290 e. The number of halogens is 1. The highest BCUT2D eigenvalue weighted by Crippen LogP contribution is 2.38. The van der Waals surface area contributed by atoms with E-state index in [4.69, 9.17) is 4.42 Å². The molecule has 28 heavy (non-hydrogen) atoms. The Labute approximate surface area is 171 Å². The zero-order chi connectivity index (χ0) is 19.8. The predicted octanol–water partition coefficient (Wildman–Crippen LogP) is 2.64. The van der Waals surface area contributed by atoms with Crippen molar-refractivity contribution < 1.29 is 14.1 Å². The summed E-state index contributed by atoms with van der Waals surface area (Å²) in [5.41, 5.74) is 1.67. The lowest BCUT2D eigenvalue weighted by Crippen LogP contribution is -3.05. The van der Waals surface area contributed by atoms with Crippen molar-refractivity contribution in [2.75, 3.05) is 27.2 Å². The maximum atomic E-state index is 13.4. The standard InChI is InChI=1S/C22H21BrN2O3/c1-24(2)11-6-12-25-19(14-7-4-3-5-8-14)18-20(26)16-13-15(23)9-10-17(16)28-21(18)22(25)27/h3-5,7-10,13,19H,6,11-12H2,1-2H3/p+1/t19-/m1/s1. The molecule has 0 saturated carbocycles. The molecule has 1 amide bonds. The van der Waals surface area contributed by atoms with Gasteiger partial charge in [-0.05, 0) is 23.8 Å². The molecule has 4 rings (SSSR count). The van der Waals surface area contributed by atoms with Gasteiger partial charge in [-0.1, -0.05) is 46.3 Å². The van der Waals surface area contributed by atoms with Crippen LogP contribution < -0.4 is 10.3 Å². The summed E-state index contributed by atoms with van der Waals surface area (Å²) in [6.45, 7) is 1.52. The first-order chi connectivity index (χ1) is 13.5. The lowest BCUT2D eigenvalue weighted by molar-refractivity contribution is -0.858. The second-order valence-corrected chi connectivity index (χ2v) is 8.35. The summed E-state index contributed by atoms with van der Waals surface area (Å²) in [5, 5.41) is 0.487. The van der Waals surface area contributed by atoms with Crippen LogP contribution in [0.3, 0.4) is 0 Å². The number of rotatable bonds is 5. The first-order valence-electron chi connectivity index (χ1n) is 9.38. The maximum absolute atomic E-state index is 13.4. The number of fused-ring (bicyclic) bond motifs is 2. The molecule has 6 heteroatoms. The Kier molecular flexibility index (Phi) is 5.08. The summed E-state index contributed by atoms with van der Waals surface area (Å²) in [6.07, 6.45) is 0.852. The van der Waals surface area contributed by atoms with Crippen LogP contribution in [0.15, 0.2) is 62.2 Å². The van der Waals surface area contributed by atoms with Gasteiger partial charge in [0.05, 0.1) is 37.6 Å². The number of benzene rings is 2. The third kappa shape index (κ3) is 3.27. The molecule has 5 nitrogen and oxygen atoms in total. The molecular formula is C22H22BrN2O3+. The van der Waals surface area contributed by atoms with Crippen LogP contribution in [0.1, 0.15) is 34.1 Å². The summed E-state index contributed by atoms with van der Waals surface area (Å²) in [6, 6.07) is 14.6. The number of hydrogen-bond donors (Lipinski definition) is 1. The molecule has 0 aliphatic carbocycles. The van der Waals surface area contributed by atoms with Crippen LogP contribution in [-0.4, -0.2) is 38.0 Å². The lowest BCUT2D eigenvalue weighted by Gasteiger charge is -2.25. The van der Waals surface area contributed by atoms with Crippen molar-refractivity contribution in [3.8, 4) is 0 Å². The van der Waals surface area contributed by atoms with Crippen LogP contribution in [-0.2, 0) is 0 Å². The number of amides is 1. The van der Waals surface area contributed by atoms with Crippen molar-refractivity contribution in [2.45, 2.75) is 12.5 Å². The second kappa shape index (κ2) is 7.53. The molecule has 0 bridgehead atoms. The molecule has 1 aliphatic heterocycles. The van der Waals surface area contributed by atoms with Crippen molar-refractivity contribution in [2.24, 2.45) is 0 Å². The molecular weight excluding hydrogens is 420 g/mol. The third-order valence-corrected chi connectivity index (χ3v) is 5.61. The van der Waals surface area contributed by atoms with Crippen LogP contribution in [0.4, 0.5) is 0 Å². The molecule has 2 heterocycles. The largest absolute Gasteiger partial charge is 0.450 e. The summed E-state index contributed by atoms with van der Waals surface area (Å²) >= 11 is 3.42. The van der Waals surface area contributed by atoms with E-state index >= 15 is 0 Å². The molecule has 1 N–H and O–H groups in total. The van der Waals surface area contributed by atoms with Gasteiger partial charge >= 0.3 is 0 Å². The molecule has 144 valence electrons. The molecule has 2 aromatic carbocycles. The summed E-state index contributed by atoms with van der Waals surface area (Å²) in [4.78, 5) is 29.7. The van der Waals surface area contributed by atoms with Gasteiger partial charge in [-0.15, -0.1) is 0 Å². The van der Waals surface area contributed by atoms with Gasteiger partial charge in [-0.25, -0.2) is 0 Å². The minimum absolute atomic E-state index is 0.138. The SMILES string of the molecule is C[NH+](C)CCCN1C(=O)c2oc3ccc(Br)cc3c(=O)c2[C@H]1c1ccccc1. The number of quaternary nitrogens is 1. The van der Waals surface area contributed by atoms with Gasteiger partial charge < -0.3 is 14.2 Å². The Morgan fingerprint density at radius 3 is 2.57 bits per heavy atom. The Balaban J connectivity index is 1.88. The van der Waals surface area contributed by atoms with Gasteiger partial charge in [-0.3, -0.25) is 9.59 Å². The van der Waals surface area contributed by atoms with Gasteiger partial charge in [-0.2, -0.15) is 0 Å². The average Bonchev–Trinajstić information content (AvgIpc) is 2.95. The van der Waals surface area contributed by atoms with E-state index in [0.717, 1.165) is 23.0 Å². The van der Waals surface area contributed by atoms with Crippen molar-refractivity contribution in [1.29, 1.82) is 0 Å². The van der Waals surface area contributed by atoms with E-state index in [0.29, 0.717) is 23.1 Å². The first kappa shape index (κ1) is 18.9. The minimum atomic E-state index is -0.416. The summed E-state index contributed by atoms with van der Waals surface area (Å²) < 4.78 is 6.75. The fourth-order valence-corrected chi connectivity index (χ4v) is 4.17. The highest BCUT2D eigenvalue weighted by Gasteiger charge is 2.42. The molecule has 0 spiro atoms. The van der Waals surface area contributed by atoms with Crippen LogP contribution in [0.25, 0.3) is 11.0 Å². The molecule has 0 saturated heterocycles. The Hall–Kier alpha value is -2.44. The molecule has 0 unspecified atom stereocenters. The Morgan fingerprint density at radius 2 is 1.86 bits per heavy atom. The monoisotopic (exact) mass is 441 g/mol. The van der Waals surface area contributed by atoms with E-state index in [-0.39, 0.29) is 17.1 Å². The van der Waals surface area contributed by atoms with Gasteiger partial charge in [0.25, 0.3) is 5.91 Å². The lowest BCUT2D eigenvalue weighted by atomic mass is 9.98. The third-order valence-electron chi connectivity index (χ3n) is 5.12. The topological polar surface area (TPSA) is 55.0 Å². The number of carbonyl (C=O) groups excluding carboxylic acids is 1. The second-order valence-electron chi connectivity index (χ2n) is 7.44. The zero-order valence-corrected chi connectivity index (χ0v) is 17.5. The van der Waals surface area contributed by atoms with Gasteiger partial charge in [0, 0.05) is 17.4 Å². The summed E-state index contributed by atoms with van der Waals surface area (Å²) in [5.74, 6) is -0.0367. The molecule has 0 fully saturated rings. The number of nitrogens with zero attached hydrogens (tertiary/aromatic N) is 1. The smallest absolute Gasteiger partial charge is 0.290 e. The number of carbonyl (C=O) groups is 1. The van der Waals surface area contributed by atoms with Crippen molar-refractivity contribution in [3.05, 3.63) is 80.1 Å². The Bertz CT molecular complexity index is 1090. The fourth-order valence-electron chi connectivity index (χ4n) is 3.81. The van der Waals surface area contributed by atoms with Crippen molar-refractivity contribution >= 4 is 32.8 Å². The average molecular weight is 442 g/mol. The number of hydrogen-bond acceptors (Lipinski definition) is 3. The first-order valence-corrected chi connectivity index (χ1v) is 10.2. The normalized spacial score (nSPS) is 16.2. The fraction of sp³-hybridized carbons (Fsp3) is 0.273. The van der Waals surface area contributed by atoms with Crippen LogP contribution in [0, 0.1) is 0 Å². The highest BCUT2D eigenvalue weighted by molar-refractivity contribution is 9.10. The minimum Gasteiger partial charge on any atom is -0.450 e.